The maximum atomic E-state index is 4.38. The lowest BCUT2D eigenvalue weighted by atomic mass is 10.0. The molecule has 2 aromatic carbocycles. The second kappa shape index (κ2) is 5.84. The summed E-state index contributed by atoms with van der Waals surface area (Å²) in [6.07, 6.45) is 0. The van der Waals surface area contributed by atoms with E-state index in [1.54, 1.807) is 0 Å². The Morgan fingerprint density at radius 2 is 1.50 bits per heavy atom. The van der Waals surface area contributed by atoms with E-state index in [0.717, 1.165) is 23.6 Å². The molecule has 1 heterocycles. The highest BCUT2D eigenvalue weighted by Gasteiger charge is 2.09. The summed E-state index contributed by atoms with van der Waals surface area (Å²) in [6, 6.07) is 18.8. The predicted octanol–water partition coefficient (Wildman–Crippen LogP) is 4.30. The Bertz CT molecular complexity index is 674. The zero-order valence-electron chi connectivity index (χ0n) is 11.2. The topological polar surface area (TPSA) is 37.8 Å². The van der Waals surface area contributed by atoms with Crippen LogP contribution in [0.5, 0.6) is 0 Å². The number of anilines is 1. The van der Waals surface area contributed by atoms with Gasteiger partial charge < -0.3 is 5.32 Å². The van der Waals surface area contributed by atoms with Crippen LogP contribution in [-0.4, -0.2) is 15.3 Å². The Labute approximate surface area is 122 Å². The molecule has 3 aromatic rings. The largest absolute Gasteiger partial charge is 0.368 e. The first-order valence-electron chi connectivity index (χ1n) is 6.61. The first-order valence-corrected chi connectivity index (χ1v) is 7.34. The molecular weight excluding hydrogens is 266 g/mol. The third-order valence-corrected chi connectivity index (χ3v) is 3.63. The van der Waals surface area contributed by atoms with Gasteiger partial charge in [0.15, 0.2) is 5.82 Å². The van der Waals surface area contributed by atoms with Gasteiger partial charge >= 0.3 is 0 Å². The van der Waals surface area contributed by atoms with Crippen LogP contribution in [0.3, 0.4) is 0 Å². The van der Waals surface area contributed by atoms with Crippen LogP contribution >= 0.6 is 11.7 Å². The van der Waals surface area contributed by atoms with Gasteiger partial charge in [0.2, 0.25) is 0 Å². The third-order valence-electron chi connectivity index (χ3n) is 3.10. The molecule has 0 bridgehead atoms. The van der Waals surface area contributed by atoms with E-state index in [4.69, 9.17) is 0 Å². The van der Waals surface area contributed by atoms with Gasteiger partial charge in [0.1, 0.15) is 5.69 Å². The van der Waals surface area contributed by atoms with Crippen molar-refractivity contribution in [2.24, 2.45) is 0 Å². The van der Waals surface area contributed by atoms with E-state index in [0.29, 0.717) is 0 Å². The Hall–Kier alpha value is -2.20. The average molecular weight is 281 g/mol. The van der Waals surface area contributed by atoms with Crippen LogP contribution < -0.4 is 5.32 Å². The number of nitrogens with one attached hydrogen (secondary N) is 1. The van der Waals surface area contributed by atoms with E-state index >= 15 is 0 Å². The minimum Gasteiger partial charge on any atom is -0.368 e. The molecule has 1 N–H and O–H groups in total. The molecule has 20 heavy (non-hydrogen) atoms. The molecule has 0 amide bonds. The smallest absolute Gasteiger partial charge is 0.168 e. The highest BCUT2D eigenvalue weighted by molar-refractivity contribution is 6.99. The van der Waals surface area contributed by atoms with Gasteiger partial charge in [-0.3, -0.25) is 0 Å². The van der Waals surface area contributed by atoms with Crippen molar-refractivity contribution in [2.45, 2.75) is 6.92 Å². The maximum Gasteiger partial charge on any atom is 0.168 e. The summed E-state index contributed by atoms with van der Waals surface area (Å²) >= 11 is 1.24. The van der Waals surface area contributed by atoms with E-state index in [1.807, 2.05) is 6.07 Å². The van der Waals surface area contributed by atoms with Gasteiger partial charge in [-0.05, 0) is 18.1 Å². The van der Waals surface area contributed by atoms with Gasteiger partial charge in [0, 0.05) is 12.1 Å². The lowest BCUT2D eigenvalue weighted by molar-refractivity contribution is 1.19. The van der Waals surface area contributed by atoms with Gasteiger partial charge in [0.05, 0.1) is 11.7 Å². The summed E-state index contributed by atoms with van der Waals surface area (Å²) in [4.78, 5) is 0. The Kier molecular flexibility index (Phi) is 3.74. The summed E-state index contributed by atoms with van der Waals surface area (Å²) in [7, 11) is 0. The van der Waals surface area contributed by atoms with Gasteiger partial charge in [-0.25, -0.2) is 0 Å². The molecule has 3 rings (SSSR count). The van der Waals surface area contributed by atoms with Gasteiger partial charge in [-0.2, -0.15) is 8.75 Å². The molecule has 0 aliphatic carbocycles. The Balaban J connectivity index is 1.91. The van der Waals surface area contributed by atoms with Crippen molar-refractivity contribution in [3.8, 4) is 22.4 Å². The van der Waals surface area contributed by atoms with Crippen molar-refractivity contribution in [2.75, 3.05) is 11.9 Å². The van der Waals surface area contributed by atoms with Gasteiger partial charge in [-0.15, -0.1) is 0 Å². The summed E-state index contributed by atoms with van der Waals surface area (Å²) in [5.74, 6) is 0.866. The monoisotopic (exact) mass is 281 g/mol. The van der Waals surface area contributed by atoms with Crippen molar-refractivity contribution in [3.63, 3.8) is 0 Å². The fourth-order valence-corrected chi connectivity index (χ4v) is 2.66. The number of aromatic nitrogens is 2. The van der Waals surface area contributed by atoms with E-state index in [1.165, 1.54) is 22.9 Å². The van der Waals surface area contributed by atoms with Crippen LogP contribution in [0.1, 0.15) is 6.92 Å². The van der Waals surface area contributed by atoms with E-state index < -0.39 is 0 Å². The molecule has 0 spiro atoms. The molecule has 0 radical (unpaired) electrons. The normalized spacial score (nSPS) is 10.4. The zero-order chi connectivity index (χ0) is 13.8. The van der Waals surface area contributed by atoms with Gasteiger partial charge in [-0.1, -0.05) is 54.6 Å². The fourth-order valence-electron chi connectivity index (χ4n) is 2.11. The van der Waals surface area contributed by atoms with Crippen molar-refractivity contribution >= 4 is 17.5 Å². The Morgan fingerprint density at radius 1 is 0.850 bits per heavy atom. The van der Waals surface area contributed by atoms with Crippen LogP contribution in [0.15, 0.2) is 54.6 Å². The van der Waals surface area contributed by atoms with Crippen molar-refractivity contribution in [1.82, 2.24) is 8.75 Å². The SMILES string of the molecule is CCNc1nsnc1-c1ccc(-c2ccccc2)cc1. The number of rotatable bonds is 4. The standard InChI is InChI=1S/C16H15N3S/c1-2-17-16-15(18-20-19-16)14-10-8-13(9-11-14)12-6-4-3-5-7-12/h3-11H,2H2,1H3,(H,17,19). The summed E-state index contributed by atoms with van der Waals surface area (Å²) in [6.45, 7) is 2.90. The molecular formula is C16H15N3S. The molecule has 0 saturated heterocycles. The lowest BCUT2D eigenvalue weighted by Crippen LogP contribution is -1.98. The Morgan fingerprint density at radius 3 is 2.20 bits per heavy atom. The van der Waals surface area contributed by atoms with Crippen molar-refractivity contribution < 1.29 is 0 Å². The second-order valence-electron chi connectivity index (χ2n) is 4.44. The number of nitrogens with zero attached hydrogens (tertiary/aromatic N) is 2. The minimum atomic E-state index is 0.848. The lowest BCUT2D eigenvalue weighted by Gasteiger charge is -2.05. The average Bonchev–Trinajstić information content (AvgIpc) is 2.97. The fraction of sp³-hybridized carbons (Fsp3) is 0.125. The molecule has 3 nitrogen and oxygen atoms in total. The molecule has 0 saturated carbocycles. The van der Waals surface area contributed by atoms with Crippen LogP contribution in [0.4, 0.5) is 5.82 Å². The van der Waals surface area contributed by atoms with Crippen LogP contribution in [0.2, 0.25) is 0 Å². The molecule has 0 fully saturated rings. The van der Waals surface area contributed by atoms with Crippen molar-refractivity contribution in [3.05, 3.63) is 54.6 Å². The van der Waals surface area contributed by atoms with Crippen molar-refractivity contribution in [1.29, 1.82) is 0 Å². The molecule has 0 aliphatic rings. The highest BCUT2D eigenvalue weighted by atomic mass is 32.1. The molecule has 4 heteroatoms. The van der Waals surface area contributed by atoms with E-state index in [9.17, 15) is 0 Å². The van der Waals surface area contributed by atoms with Crippen LogP contribution in [-0.2, 0) is 0 Å². The maximum absolute atomic E-state index is 4.38. The number of hydrogen-bond donors (Lipinski definition) is 1. The van der Waals surface area contributed by atoms with Crippen LogP contribution in [0, 0.1) is 0 Å². The summed E-state index contributed by atoms with van der Waals surface area (Å²) in [5.41, 5.74) is 4.45. The first-order chi connectivity index (χ1) is 9.88. The quantitative estimate of drug-likeness (QED) is 0.774. The number of hydrogen-bond acceptors (Lipinski definition) is 4. The summed E-state index contributed by atoms with van der Waals surface area (Å²) < 4.78 is 8.66. The first kappa shape index (κ1) is 12.8. The van der Waals surface area contributed by atoms with Gasteiger partial charge in [0.25, 0.3) is 0 Å². The molecule has 0 aliphatic heterocycles. The predicted molar refractivity (Wildman–Crippen MR) is 84.9 cm³/mol. The highest BCUT2D eigenvalue weighted by Crippen LogP contribution is 2.28. The van der Waals surface area contributed by atoms with E-state index in [-0.39, 0.29) is 0 Å². The minimum absolute atomic E-state index is 0.848. The molecule has 100 valence electrons. The summed E-state index contributed by atoms with van der Waals surface area (Å²) in [5, 5.41) is 3.24. The molecule has 1 aromatic heterocycles. The zero-order valence-corrected chi connectivity index (χ0v) is 12.0. The number of benzene rings is 2. The van der Waals surface area contributed by atoms with E-state index in [2.05, 4.69) is 69.5 Å². The molecule has 0 atom stereocenters. The molecule has 0 unspecified atom stereocenters. The van der Waals surface area contributed by atoms with Crippen LogP contribution in [0.25, 0.3) is 22.4 Å². The second-order valence-corrected chi connectivity index (χ2v) is 4.96. The third kappa shape index (κ3) is 2.56.